The average Bonchev–Trinajstić information content (AvgIpc) is 2.29. The Morgan fingerprint density at radius 1 is 1.22 bits per heavy atom. The molecular weight excluding hydrogens is 255 g/mol. The molecular formula is C12H17FN2O2S. The van der Waals surface area contributed by atoms with E-state index in [0.29, 0.717) is 19.6 Å². The summed E-state index contributed by atoms with van der Waals surface area (Å²) in [7, 11) is -1.54. The van der Waals surface area contributed by atoms with Crippen LogP contribution in [0.25, 0.3) is 0 Å². The molecule has 0 spiro atoms. The molecule has 0 radical (unpaired) electrons. The molecule has 1 heterocycles. The van der Waals surface area contributed by atoms with Crippen LogP contribution in [0, 0.1) is 5.82 Å². The van der Waals surface area contributed by atoms with Gasteiger partial charge in [0.25, 0.3) is 0 Å². The minimum absolute atomic E-state index is 0.0706. The van der Waals surface area contributed by atoms with Gasteiger partial charge in [-0.15, -0.1) is 0 Å². The number of nitrogens with zero attached hydrogens (tertiary/aromatic N) is 2. The number of halogens is 1. The van der Waals surface area contributed by atoms with Crippen LogP contribution in [-0.4, -0.2) is 50.3 Å². The summed E-state index contributed by atoms with van der Waals surface area (Å²) >= 11 is 0. The average molecular weight is 272 g/mol. The molecule has 6 heteroatoms. The first-order valence-electron chi connectivity index (χ1n) is 5.87. The van der Waals surface area contributed by atoms with Crippen molar-refractivity contribution in [2.45, 2.75) is 17.9 Å². The largest absolute Gasteiger partial charge is 0.303 e. The van der Waals surface area contributed by atoms with Crippen LogP contribution in [0.15, 0.2) is 29.2 Å². The van der Waals surface area contributed by atoms with Crippen molar-refractivity contribution in [2.75, 3.05) is 26.7 Å². The van der Waals surface area contributed by atoms with Crippen LogP contribution in [0.3, 0.4) is 0 Å². The molecule has 0 aromatic heterocycles. The molecule has 1 aromatic rings. The Labute approximate surface area is 107 Å². The van der Waals surface area contributed by atoms with Gasteiger partial charge in [0, 0.05) is 25.7 Å². The third-order valence-corrected chi connectivity index (χ3v) is 5.22. The van der Waals surface area contributed by atoms with E-state index in [1.807, 2.05) is 14.0 Å². The van der Waals surface area contributed by atoms with Gasteiger partial charge in [0.05, 0.1) is 4.90 Å². The third kappa shape index (κ3) is 2.55. The fourth-order valence-corrected chi connectivity index (χ4v) is 3.84. The lowest BCUT2D eigenvalue weighted by Crippen LogP contribution is -2.52. The highest BCUT2D eigenvalue weighted by atomic mass is 32.2. The lowest BCUT2D eigenvalue weighted by molar-refractivity contribution is 0.170. The van der Waals surface area contributed by atoms with Gasteiger partial charge >= 0.3 is 0 Å². The van der Waals surface area contributed by atoms with Crippen LogP contribution in [0.5, 0.6) is 0 Å². The molecule has 4 nitrogen and oxygen atoms in total. The normalized spacial score (nSPS) is 23.2. The molecule has 100 valence electrons. The summed E-state index contributed by atoms with van der Waals surface area (Å²) in [5.74, 6) is -0.430. The van der Waals surface area contributed by atoms with Crippen LogP contribution in [-0.2, 0) is 10.0 Å². The molecule has 0 saturated carbocycles. The maximum Gasteiger partial charge on any atom is 0.243 e. The highest BCUT2D eigenvalue weighted by Gasteiger charge is 2.32. The summed E-state index contributed by atoms with van der Waals surface area (Å²) in [5, 5.41) is 0. The van der Waals surface area contributed by atoms with Crippen LogP contribution >= 0.6 is 0 Å². The number of piperazine rings is 1. The van der Waals surface area contributed by atoms with Gasteiger partial charge in [-0.1, -0.05) is 0 Å². The topological polar surface area (TPSA) is 40.6 Å². The Balaban J connectivity index is 2.28. The van der Waals surface area contributed by atoms with E-state index in [2.05, 4.69) is 4.90 Å². The first-order valence-corrected chi connectivity index (χ1v) is 7.31. The van der Waals surface area contributed by atoms with Crippen molar-refractivity contribution in [3.8, 4) is 0 Å². The van der Waals surface area contributed by atoms with Gasteiger partial charge in [-0.3, -0.25) is 0 Å². The Morgan fingerprint density at radius 2 is 1.83 bits per heavy atom. The van der Waals surface area contributed by atoms with E-state index in [1.165, 1.54) is 28.6 Å². The molecule has 1 aliphatic heterocycles. The van der Waals surface area contributed by atoms with Crippen LogP contribution in [0.4, 0.5) is 4.39 Å². The maximum atomic E-state index is 12.8. The summed E-state index contributed by atoms with van der Waals surface area (Å²) in [6.45, 7) is 3.78. The van der Waals surface area contributed by atoms with Gasteiger partial charge < -0.3 is 4.90 Å². The number of hydrogen-bond donors (Lipinski definition) is 0. The Kier molecular flexibility index (Phi) is 3.70. The van der Waals surface area contributed by atoms with Crippen molar-refractivity contribution in [1.82, 2.24) is 9.21 Å². The van der Waals surface area contributed by atoms with Crippen molar-refractivity contribution in [1.29, 1.82) is 0 Å². The van der Waals surface area contributed by atoms with Crippen molar-refractivity contribution >= 4 is 10.0 Å². The second kappa shape index (κ2) is 4.95. The molecule has 1 aromatic carbocycles. The van der Waals surface area contributed by atoms with Gasteiger partial charge in [0.15, 0.2) is 0 Å². The molecule has 1 atom stereocenters. The van der Waals surface area contributed by atoms with Crippen molar-refractivity contribution < 1.29 is 12.8 Å². The predicted molar refractivity (Wildman–Crippen MR) is 67.3 cm³/mol. The molecule has 18 heavy (non-hydrogen) atoms. The lowest BCUT2D eigenvalue weighted by Gasteiger charge is -2.37. The second-order valence-electron chi connectivity index (χ2n) is 4.68. The minimum Gasteiger partial charge on any atom is -0.303 e. The van der Waals surface area contributed by atoms with E-state index < -0.39 is 15.8 Å². The summed E-state index contributed by atoms with van der Waals surface area (Å²) in [5.41, 5.74) is 0. The maximum absolute atomic E-state index is 12.8. The fourth-order valence-electron chi connectivity index (χ4n) is 2.22. The second-order valence-corrected chi connectivity index (χ2v) is 6.57. The number of likely N-dealkylation sites (N-methyl/N-ethyl adjacent to an activating group) is 1. The molecule has 1 saturated heterocycles. The zero-order valence-corrected chi connectivity index (χ0v) is 11.3. The number of hydrogen-bond acceptors (Lipinski definition) is 3. The van der Waals surface area contributed by atoms with E-state index in [0.717, 1.165) is 0 Å². The number of benzene rings is 1. The smallest absolute Gasteiger partial charge is 0.243 e. The first kappa shape index (κ1) is 13.5. The van der Waals surface area contributed by atoms with E-state index in [4.69, 9.17) is 0 Å². The van der Waals surface area contributed by atoms with Gasteiger partial charge in [-0.05, 0) is 38.2 Å². The molecule has 0 bridgehead atoms. The summed E-state index contributed by atoms with van der Waals surface area (Å²) < 4.78 is 39.1. The van der Waals surface area contributed by atoms with E-state index in [9.17, 15) is 12.8 Å². The number of sulfonamides is 1. The van der Waals surface area contributed by atoms with Gasteiger partial charge in [-0.25, -0.2) is 12.8 Å². The van der Waals surface area contributed by atoms with E-state index in [-0.39, 0.29) is 10.9 Å². The highest BCUT2D eigenvalue weighted by Crippen LogP contribution is 2.21. The highest BCUT2D eigenvalue weighted by molar-refractivity contribution is 7.89. The Bertz CT molecular complexity index is 515. The molecule has 0 amide bonds. The molecule has 1 unspecified atom stereocenters. The van der Waals surface area contributed by atoms with Crippen LogP contribution in [0.1, 0.15) is 6.92 Å². The minimum atomic E-state index is -3.51. The van der Waals surface area contributed by atoms with Crippen LogP contribution < -0.4 is 0 Å². The molecule has 2 rings (SSSR count). The van der Waals surface area contributed by atoms with Gasteiger partial charge in [0.1, 0.15) is 5.82 Å². The molecule has 1 fully saturated rings. The van der Waals surface area contributed by atoms with Crippen molar-refractivity contribution in [2.24, 2.45) is 0 Å². The quantitative estimate of drug-likeness (QED) is 0.811. The van der Waals surface area contributed by atoms with Gasteiger partial charge in [0.2, 0.25) is 10.0 Å². The standard InChI is InChI=1S/C12H17FN2O2S/c1-10-9-14(2)7-8-15(10)18(16,17)12-5-3-11(13)4-6-12/h3-6,10H,7-9H2,1-2H3. The predicted octanol–water partition coefficient (Wildman–Crippen LogP) is 1.15. The Hall–Kier alpha value is -0.980. The van der Waals surface area contributed by atoms with E-state index >= 15 is 0 Å². The third-order valence-electron chi connectivity index (χ3n) is 3.19. The first-order chi connectivity index (χ1) is 8.41. The fraction of sp³-hybridized carbons (Fsp3) is 0.500. The molecule has 0 N–H and O–H groups in total. The Morgan fingerprint density at radius 3 is 2.39 bits per heavy atom. The SMILES string of the molecule is CC1CN(C)CCN1S(=O)(=O)c1ccc(F)cc1. The van der Waals surface area contributed by atoms with E-state index in [1.54, 1.807) is 0 Å². The van der Waals surface area contributed by atoms with Crippen LogP contribution in [0.2, 0.25) is 0 Å². The van der Waals surface area contributed by atoms with Crippen molar-refractivity contribution in [3.05, 3.63) is 30.1 Å². The summed E-state index contributed by atoms with van der Waals surface area (Å²) in [6.07, 6.45) is 0. The monoisotopic (exact) mass is 272 g/mol. The zero-order valence-electron chi connectivity index (χ0n) is 10.5. The lowest BCUT2D eigenvalue weighted by atomic mass is 10.2. The zero-order chi connectivity index (χ0) is 13.3. The summed E-state index contributed by atoms with van der Waals surface area (Å²) in [4.78, 5) is 2.25. The summed E-state index contributed by atoms with van der Waals surface area (Å²) in [6, 6.07) is 4.91. The molecule has 0 aliphatic carbocycles. The number of rotatable bonds is 2. The van der Waals surface area contributed by atoms with Crippen molar-refractivity contribution in [3.63, 3.8) is 0 Å². The molecule has 1 aliphatic rings. The van der Waals surface area contributed by atoms with Gasteiger partial charge in [-0.2, -0.15) is 4.31 Å².